The fourth-order valence-electron chi connectivity index (χ4n) is 4.99. The Kier molecular flexibility index (Phi) is 7.41. The molecule has 0 atom stereocenters. The van der Waals surface area contributed by atoms with Crippen molar-refractivity contribution in [1.82, 2.24) is 10.2 Å². The highest BCUT2D eigenvalue weighted by Crippen LogP contribution is 2.27. The van der Waals surface area contributed by atoms with Crippen molar-refractivity contribution < 1.29 is 14.3 Å². The zero-order valence-electron chi connectivity index (χ0n) is 20.6. The smallest absolute Gasteiger partial charge is 0.261 e. The molecule has 3 heterocycles. The van der Waals surface area contributed by atoms with Crippen molar-refractivity contribution in [3.8, 4) is 5.75 Å². The van der Waals surface area contributed by atoms with Crippen molar-refractivity contribution in [2.24, 2.45) is 0 Å². The van der Waals surface area contributed by atoms with Gasteiger partial charge in [0.15, 0.2) is 0 Å². The molecule has 8 heteroatoms. The number of hydrogen-bond acceptors (Lipinski definition) is 6. The van der Waals surface area contributed by atoms with Gasteiger partial charge < -0.3 is 24.8 Å². The van der Waals surface area contributed by atoms with Crippen molar-refractivity contribution in [2.75, 3.05) is 56.2 Å². The summed E-state index contributed by atoms with van der Waals surface area (Å²) in [6, 6.07) is 19.9. The largest absolute Gasteiger partial charge is 0.497 e. The number of carbonyl (C=O) groups excluding carboxylic acids is 2. The number of benzene rings is 2. The second-order valence-corrected chi connectivity index (χ2v) is 10.2. The Hall–Kier alpha value is -3.52. The molecular weight excluding hydrogens is 472 g/mol. The topological polar surface area (TPSA) is 65.1 Å². The number of anilines is 2. The maximum atomic E-state index is 13.5. The first-order valence-electron chi connectivity index (χ1n) is 12.5. The number of hydrogen-bond donors (Lipinski definition) is 1. The van der Waals surface area contributed by atoms with Crippen molar-refractivity contribution in [3.63, 3.8) is 0 Å². The number of amides is 2. The Bertz CT molecular complexity index is 1170. The van der Waals surface area contributed by atoms with Gasteiger partial charge in [0.25, 0.3) is 11.8 Å². The number of para-hydroxylation sites is 1. The van der Waals surface area contributed by atoms with Crippen LogP contribution in [0.15, 0.2) is 66.0 Å². The molecule has 0 spiro atoms. The minimum absolute atomic E-state index is 0.00723. The molecule has 0 aliphatic carbocycles. The van der Waals surface area contributed by atoms with E-state index < -0.39 is 0 Å². The zero-order valence-corrected chi connectivity index (χ0v) is 21.4. The number of nitrogens with one attached hydrogen (secondary N) is 1. The van der Waals surface area contributed by atoms with Crippen LogP contribution in [-0.2, 0) is 0 Å². The molecule has 2 fully saturated rings. The molecule has 2 aliphatic heterocycles. The van der Waals surface area contributed by atoms with Crippen LogP contribution in [0.3, 0.4) is 0 Å². The highest BCUT2D eigenvalue weighted by Gasteiger charge is 2.27. The quantitative estimate of drug-likeness (QED) is 0.547. The van der Waals surface area contributed by atoms with Gasteiger partial charge in [-0.05, 0) is 60.7 Å². The summed E-state index contributed by atoms with van der Waals surface area (Å²) in [5.74, 6) is 0.944. The van der Waals surface area contributed by atoms with Gasteiger partial charge >= 0.3 is 0 Å². The third kappa shape index (κ3) is 5.33. The minimum atomic E-state index is 0.00723. The van der Waals surface area contributed by atoms with E-state index in [-0.39, 0.29) is 17.9 Å². The molecule has 2 aliphatic rings. The van der Waals surface area contributed by atoms with E-state index >= 15 is 0 Å². The summed E-state index contributed by atoms with van der Waals surface area (Å²) in [6.07, 6.45) is 1.72. The maximum absolute atomic E-state index is 13.5. The Morgan fingerprint density at radius 3 is 2.25 bits per heavy atom. The molecule has 1 N–H and O–H groups in total. The molecule has 2 saturated heterocycles. The van der Waals surface area contributed by atoms with Crippen LogP contribution in [0.2, 0.25) is 0 Å². The van der Waals surface area contributed by atoms with Gasteiger partial charge in [0.1, 0.15) is 5.75 Å². The molecule has 5 rings (SSSR count). The van der Waals surface area contributed by atoms with E-state index in [0.29, 0.717) is 13.1 Å². The molecule has 3 aromatic rings. The number of piperidine rings is 1. The summed E-state index contributed by atoms with van der Waals surface area (Å²) in [6.45, 7) is 4.60. The Morgan fingerprint density at radius 1 is 0.861 bits per heavy atom. The number of carbonyl (C=O) groups is 2. The van der Waals surface area contributed by atoms with Crippen LogP contribution in [0.5, 0.6) is 5.75 Å². The van der Waals surface area contributed by atoms with Crippen LogP contribution in [0.1, 0.15) is 32.9 Å². The van der Waals surface area contributed by atoms with E-state index in [0.717, 1.165) is 66.6 Å². The zero-order chi connectivity index (χ0) is 24.9. The molecule has 0 radical (unpaired) electrons. The number of ether oxygens (including phenoxy) is 1. The summed E-state index contributed by atoms with van der Waals surface area (Å²) < 4.78 is 5.26. The summed E-state index contributed by atoms with van der Waals surface area (Å²) in [5.41, 5.74) is 2.90. The maximum Gasteiger partial charge on any atom is 0.261 e. The van der Waals surface area contributed by atoms with Crippen LogP contribution in [0.4, 0.5) is 11.4 Å². The Balaban J connectivity index is 1.18. The summed E-state index contributed by atoms with van der Waals surface area (Å²) >= 11 is 1.46. The first-order chi connectivity index (χ1) is 17.6. The van der Waals surface area contributed by atoms with Gasteiger partial charge in [-0.1, -0.05) is 18.2 Å². The molecule has 0 saturated carbocycles. The molecule has 36 heavy (non-hydrogen) atoms. The highest BCUT2D eigenvalue weighted by molar-refractivity contribution is 7.12. The lowest BCUT2D eigenvalue weighted by Gasteiger charge is -2.38. The van der Waals surface area contributed by atoms with Gasteiger partial charge in [0, 0.05) is 56.7 Å². The van der Waals surface area contributed by atoms with Gasteiger partial charge in [-0.2, -0.15) is 0 Å². The van der Waals surface area contributed by atoms with Crippen LogP contribution in [0, 0.1) is 0 Å². The second kappa shape index (κ2) is 11.0. The number of piperazine rings is 1. The van der Waals surface area contributed by atoms with E-state index in [1.165, 1.54) is 11.3 Å². The normalized spacial score (nSPS) is 16.6. The third-order valence-corrected chi connectivity index (χ3v) is 7.92. The lowest BCUT2D eigenvalue weighted by molar-refractivity contribution is 0.0747. The van der Waals surface area contributed by atoms with Crippen molar-refractivity contribution in [1.29, 1.82) is 0 Å². The fourth-order valence-corrected chi connectivity index (χ4v) is 5.62. The van der Waals surface area contributed by atoms with Gasteiger partial charge in [-0.25, -0.2) is 0 Å². The van der Waals surface area contributed by atoms with E-state index in [9.17, 15) is 9.59 Å². The van der Waals surface area contributed by atoms with E-state index in [4.69, 9.17) is 4.74 Å². The van der Waals surface area contributed by atoms with Crippen LogP contribution in [-0.4, -0.2) is 69.1 Å². The molecule has 7 nitrogen and oxygen atoms in total. The predicted molar refractivity (Wildman–Crippen MR) is 145 cm³/mol. The second-order valence-electron chi connectivity index (χ2n) is 9.21. The average molecular weight is 505 g/mol. The summed E-state index contributed by atoms with van der Waals surface area (Å²) in [5, 5.41) is 5.09. The highest BCUT2D eigenvalue weighted by atomic mass is 32.1. The number of rotatable bonds is 6. The number of methoxy groups -OCH3 is 1. The standard InChI is InChI=1S/C28H32N4O3S/c1-35-23-10-8-22(9-11-23)30-16-18-32(19-17-30)28(34)24-5-2-3-6-25(24)31-14-12-21(13-15-31)29-27(33)26-7-4-20-36-26/h2-11,20-21H,12-19H2,1H3,(H,29,33). The molecular formula is C28H32N4O3S. The summed E-state index contributed by atoms with van der Waals surface area (Å²) in [7, 11) is 1.67. The first kappa shape index (κ1) is 24.2. The SMILES string of the molecule is COc1ccc(N2CCN(C(=O)c3ccccc3N3CCC(NC(=O)c4cccs4)CC3)CC2)cc1. The van der Waals surface area contributed by atoms with Gasteiger partial charge in [-0.3, -0.25) is 9.59 Å². The summed E-state index contributed by atoms with van der Waals surface area (Å²) in [4.78, 5) is 33.3. The molecule has 1 aromatic heterocycles. The van der Waals surface area contributed by atoms with Crippen LogP contribution < -0.4 is 19.9 Å². The lowest BCUT2D eigenvalue weighted by atomic mass is 10.0. The van der Waals surface area contributed by atoms with Crippen molar-refractivity contribution in [2.45, 2.75) is 18.9 Å². The number of thiophene rings is 1. The van der Waals surface area contributed by atoms with Crippen LogP contribution >= 0.6 is 11.3 Å². The number of nitrogens with zero attached hydrogens (tertiary/aromatic N) is 3. The monoisotopic (exact) mass is 504 g/mol. The van der Waals surface area contributed by atoms with E-state index in [2.05, 4.69) is 27.2 Å². The molecule has 2 aromatic carbocycles. The van der Waals surface area contributed by atoms with Crippen molar-refractivity contribution in [3.05, 3.63) is 76.5 Å². The molecule has 188 valence electrons. The van der Waals surface area contributed by atoms with Gasteiger partial charge in [-0.15, -0.1) is 11.3 Å². The van der Waals surface area contributed by atoms with Crippen molar-refractivity contribution >= 4 is 34.5 Å². The van der Waals surface area contributed by atoms with E-state index in [1.54, 1.807) is 7.11 Å². The Morgan fingerprint density at radius 2 is 1.58 bits per heavy atom. The fraction of sp³-hybridized carbons (Fsp3) is 0.357. The molecule has 0 bridgehead atoms. The van der Waals surface area contributed by atoms with Gasteiger partial charge in [0.05, 0.1) is 17.6 Å². The van der Waals surface area contributed by atoms with E-state index in [1.807, 2.05) is 58.8 Å². The third-order valence-electron chi connectivity index (χ3n) is 7.05. The lowest BCUT2D eigenvalue weighted by Crippen LogP contribution is -2.49. The molecule has 2 amide bonds. The average Bonchev–Trinajstić information content (AvgIpc) is 3.49. The predicted octanol–water partition coefficient (Wildman–Crippen LogP) is 4.12. The minimum Gasteiger partial charge on any atom is -0.497 e. The van der Waals surface area contributed by atoms with Crippen LogP contribution in [0.25, 0.3) is 0 Å². The Labute approximate surface area is 216 Å². The molecule has 0 unspecified atom stereocenters. The van der Waals surface area contributed by atoms with Gasteiger partial charge in [0.2, 0.25) is 0 Å². The first-order valence-corrected chi connectivity index (χ1v) is 13.4.